The molecule has 7 heteroatoms. The summed E-state index contributed by atoms with van der Waals surface area (Å²) in [6.45, 7) is 9.18. The van der Waals surface area contributed by atoms with Crippen LogP contribution in [-0.4, -0.2) is 71.9 Å². The topological polar surface area (TPSA) is 48.7 Å². The lowest BCUT2D eigenvalue weighted by Gasteiger charge is -2.25. The highest BCUT2D eigenvalue weighted by Crippen LogP contribution is 2.26. The average Bonchev–Trinajstić information content (AvgIpc) is 3.29. The molecule has 2 saturated heterocycles. The monoisotopic (exact) mass is 460 g/mol. The summed E-state index contributed by atoms with van der Waals surface area (Å²) in [6, 6.07) is 0. The van der Waals surface area contributed by atoms with Gasteiger partial charge in [0.05, 0.1) is 6.20 Å². The van der Waals surface area contributed by atoms with Crippen LogP contribution in [0.15, 0.2) is 17.4 Å². The summed E-state index contributed by atoms with van der Waals surface area (Å²) in [5.41, 5.74) is 1.35. The van der Waals surface area contributed by atoms with E-state index in [0.29, 0.717) is 11.8 Å². The number of aryl methyl sites for hydroxylation is 1. The third-order valence-corrected chi connectivity index (χ3v) is 5.27. The Morgan fingerprint density at radius 3 is 2.76 bits per heavy atom. The standard InChI is InChI=1S/C18H32N6.HI/c1-15(12-23-7-4-5-8-23)10-20-18(19-2)24-9-6-16(14-24)17-11-21-22(3)13-17;/h11,13,15-16H,4-10,12,14H2,1-3H3,(H,19,20);1H. The number of halogens is 1. The Bertz CT molecular complexity index is 552. The molecule has 3 heterocycles. The van der Waals surface area contributed by atoms with Gasteiger partial charge in [-0.1, -0.05) is 6.92 Å². The first-order chi connectivity index (χ1) is 11.7. The van der Waals surface area contributed by atoms with E-state index in [9.17, 15) is 0 Å². The summed E-state index contributed by atoms with van der Waals surface area (Å²) in [4.78, 5) is 9.48. The van der Waals surface area contributed by atoms with Crippen LogP contribution in [0.4, 0.5) is 0 Å². The molecule has 0 aromatic carbocycles. The number of rotatable bonds is 5. The van der Waals surface area contributed by atoms with Crippen molar-refractivity contribution in [1.29, 1.82) is 0 Å². The highest BCUT2D eigenvalue weighted by molar-refractivity contribution is 14.0. The van der Waals surface area contributed by atoms with Crippen molar-refractivity contribution in [2.75, 3.05) is 46.3 Å². The van der Waals surface area contributed by atoms with E-state index in [1.54, 1.807) is 0 Å². The van der Waals surface area contributed by atoms with Crippen LogP contribution in [0.3, 0.4) is 0 Å². The minimum absolute atomic E-state index is 0. The lowest BCUT2D eigenvalue weighted by atomic mass is 10.0. The number of hydrogen-bond acceptors (Lipinski definition) is 3. The molecule has 2 aliphatic heterocycles. The van der Waals surface area contributed by atoms with E-state index in [1.807, 2.05) is 25.0 Å². The minimum atomic E-state index is 0. The third kappa shape index (κ3) is 5.57. The molecule has 2 atom stereocenters. The summed E-state index contributed by atoms with van der Waals surface area (Å²) < 4.78 is 1.89. The summed E-state index contributed by atoms with van der Waals surface area (Å²) in [7, 11) is 3.88. The molecule has 2 fully saturated rings. The van der Waals surface area contributed by atoms with Crippen molar-refractivity contribution in [3.63, 3.8) is 0 Å². The first-order valence-electron chi connectivity index (χ1n) is 9.32. The van der Waals surface area contributed by atoms with Crippen LogP contribution in [0, 0.1) is 5.92 Å². The molecule has 3 rings (SSSR count). The van der Waals surface area contributed by atoms with Crippen molar-refractivity contribution in [3.05, 3.63) is 18.0 Å². The van der Waals surface area contributed by atoms with E-state index < -0.39 is 0 Å². The molecule has 2 aliphatic rings. The molecule has 0 saturated carbocycles. The van der Waals surface area contributed by atoms with Gasteiger partial charge in [-0.05, 0) is 43.8 Å². The highest BCUT2D eigenvalue weighted by Gasteiger charge is 2.27. The maximum absolute atomic E-state index is 4.50. The molecular weight excluding hydrogens is 427 g/mol. The maximum Gasteiger partial charge on any atom is 0.193 e. The molecule has 2 unspecified atom stereocenters. The summed E-state index contributed by atoms with van der Waals surface area (Å²) >= 11 is 0. The van der Waals surface area contributed by atoms with Gasteiger partial charge in [-0.3, -0.25) is 9.67 Å². The lowest BCUT2D eigenvalue weighted by molar-refractivity contribution is 0.286. The van der Waals surface area contributed by atoms with Gasteiger partial charge in [-0.25, -0.2) is 0 Å². The van der Waals surface area contributed by atoms with Crippen molar-refractivity contribution >= 4 is 29.9 Å². The number of nitrogens with one attached hydrogen (secondary N) is 1. The van der Waals surface area contributed by atoms with Crippen molar-refractivity contribution in [2.24, 2.45) is 18.0 Å². The van der Waals surface area contributed by atoms with E-state index in [2.05, 4.69) is 38.3 Å². The van der Waals surface area contributed by atoms with E-state index in [0.717, 1.165) is 25.6 Å². The van der Waals surface area contributed by atoms with E-state index in [1.165, 1.54) is 44.5 Å². The third-order valence-electron chi connectivity index (χ3n) is 5.27. The zero-order valence-corrected chi connectivity index (χ0v) is 18.1. The molecule has 1 N–H and O–H groups in total. The van der Waals surface area contributed by atoms with E-state index in [-0.39, 0.29) is 24.0 Å². The molecule has 0 bridgehead atoms. The Morgan fingerprint density at radius 2 is 2.12 bits per heavy atom. The maximum atomic E-state index is 4.50. The van der Waals surface area contributed by atoms with Crippen molar-refractivity contribution in [3.8, 4) is 0 Å². The smallest absolute Gasteiger partial charge is 0.193 e. The van der Waals surface area contributed by atoms with Gasteiger partial charge < -0.3 is 15.1 Å². The molecule has 0 spiro atoms. The highest BCUT2D eigenvalue weighted by atomic mass is 127. The second-order valence-electron chi connectivity index (χ2n) is 7.42. The molecule has 142 valence electrons. The Hall–Kier alpha value is -0.830. The van der Waals surface area contributed by atoms with Gasteiger partial charge in [0.1, 0.15) is 0 Å². The largest absolute Gasteiger partial charge is 0.356 e. The quantitative estimate of drug-likeness (QED) is 0.416. The number of hydrogen-bond donors (Lipinski definition) is 1. The van der Waals surface area contributed by atoms with Crippen LogP contribution in [0.5, 0.6) is 0 Å². The Morgan fingerprint density at radius 1 is 1.36 bits per heavy atom. The van der Waals surface area contributed by atoms with Crippen LogP contribution in [-0.2, 0) is 7.05 Å². The Kier molecular flexibility index (Phi) is 7.99. The molecule has 0 amide bonds. The summed E-state index contributed by atoms with van der Waals surface area (Å²) in [5, 5.41) is 7.90. The van der Waals surface area contributed by atoms with Gasteiger partial charge in [-0.2, -0.15) is 5.10 Å². The molecule has 1 aromatic heterocycles. The fourth-order valence-electron chi connectivity index (χ4n) is 3.94. The van der Waals surface area contributed by atoms with Gasteiger partial charge in [-0.15, -0.1) is 24.0 Å². The SMILES string of the molecule is CN=C(NCC(C)CN1CCCC1)N1CCC(c2cnn(C)c2)C1.I. The summed E-state index contributed by atoms with van der Waals surface area (Å²) in [5.74, 6) is 2.27. The van der Waals surface area contributed by atoms with Crippen LogP contribution in [0.1, 0.15) is 37.7 Å². The second kappa shape index (κ2) is 9.75. The first kappa shape index (κ1) is 20.5. The number of aromatic nitrogens is 2. The number of likely N-dealkylation sites (tertiary alicyclic amines) is 2. The van der Waals surface area contributed by atoms with Gasteiger partial charge in [0.2, 0.25) is 0 Å². The number of aliphatic imine (C=N–C) groups is 1. The fourth-order valence-corrected chi connectivity index (χ4v) is 3.94. The van der Waals surface area contributed by atoms with Gasteiger partial charge in [0.15, 0.2) is 5.96 Å². The molecular formula is C18H33IN6. The van der Waals surface area contributed by atoms with Gasteiger partial charge in [0, 0.05) is 52.4 Å². The molecule has 6 nitrogen and oxygen atoms in total. The van der Waals surface area contributed by atoms with Crippen molar-refractivity contribution in [2.45, 2.75) is 32.1 Å². The molecule has 25 heavy (non-hydrogen) atoms. The lowest BCUT2D eigenvalue weighted by Crippen LogP contribution is -2.43. The molecule has 0 aliphatic carbocycles. The predicted octanol–water partition coefficient (Wildman–Crippen LogP) is 2.13. The second-order valence-corrected chi connectivity index (χ2v) is 7.42. The van der Waals surface area contributed by atoms with E-state index in [4.69, 9.17) is 0 Å². The summed E-state index contributed by atoms with van der Waals surface area (Å²) in [6.07, 6.45) is 8.05. The zero-order valence-electron chi connectivity index (χ0n) is 15.8. The zero-order chi connectivity index (χ0) is 16.9. The van der Waals surface area contributed by atoms with Crippen LogP contribution < -0.4 is 5.32 Å². The number of guanidine groups is 1. The fraction of sp³-hybridized carbons (Fsp3) is 0.778. The Balaban J connectivity index is 0.00000225. The van der Waals surface area contributed by atoms with Gasteiger partial charge >= 0.3 is 0 Å². The first-order valence-corrected chi connectivity index (χ1v) is 9.32. The minimum Gasteiger partial charge on any atom is -0.356 e. The Labute approximate surface area is 169 Å². The van der Waals surface area contributed by atoms with E-state index >= 15 is 0 Å². The molecule has 0 radical (unpaired) electrons. The van der Waals surface area contributed by atoms with Crippen molar-refractivity contribution < 1.29 is 0 Å². The average molecular weight is 460 g/mol. The van der Waals surface area contributed by atoms with Crippen LogP contribution >= 0.6 is 24.0 Å². The van der Waals surface area contributed by atoms with Crippen LogP contribution in [0.25, 0.3) is 0 Å². The molecule has 1 aromatic rings. The van der Waals surface area contributed by atoms with Crippen LogP contribution in [0.2, 0.25) is 0 Å². The number of nitrogens with zero attached hydrogens (tertiary/aromatic N) is 5. The predicted molar refractivity (Wildman–Crippen MR) is 114 cm³/mol. The normalized spacial score (nSPS) is 22.9. The van der Waals surface area contributed by atoms with Crippen molar-refractivity contribution in [1.82, 2.24) is 24.9 Å². The van der Waals surface area contributed by atoms with Gasteiger partial charge in [0.25, 0.3) is 0 Å².